The van der Waals surface area contributed by atoms with Gasteiger partial charge in [-0.05, 0) is 36.9 Å². The van der Waals surface area contributed by atoms with Gasteiger partial charge >= 0.3 is 0 Å². The van der Waals surface area contributed by atoms with Gasteiger partial charge in [-0.1, -0.05) is 36.0 Å². The van der Waals surface area contributed by atoms with Crippen LogP contribution in [0.15, 0.2) is 23.4 Å². The summed E-state index contributed by atoms with van der Waals surface area (Å²) >= 11 is 0.0919. The van der Waals surface area contributed by atoms with Crippen molar-refractivity contribution in [1.82, 2.24) is 25.0 Å². The van der Waals surface area contributed by atoms with Crippen molar-refractivity contribution in [3.63, 3.8) is 0 Å². The van der Waals surface area contributed by atoms with Crippen molar-refractivity contribution in [2.24, 2.45) is 0 Å². The quantitative estimate of drug-likeness (QED) is 0.227. The third kappa shape index (κ3) is 4.92. The number of rotatable bonds is 10. The summed E-state index contributed by atoms with van der Waals surface area (Å²) in [5, 5.41) is 41.6. The lowest BCUT2D eigenvalue weighted by Gasteiger charge is -2.17. The maximum atomic E-state index is 14.4. The Hall–Kier alpha value is -2.38. The first-order valence-electron chi connectivity index (χ1n) is 18.0. The molecule has 2 saturated carbocycles. The van der Waals surface area contributed by atoms with Gasteiger partial charge in [-0.25, -0.2) is 19.0 Å². The minimum absolute atomic E-state index is 0.0148. The van der Waals surface area contributed by atoms with Crippen LogP contribution in [0.5, 0.6) is 0 Å². The van der Waals surface area contributed by atoms with Crippen LogP contribution in [0.25, 0.3) is 11.2 Å². The number of ether oxygens (including phenoxy) is 1. The average Bonchev–Trinajstić information content (AvgIpc) is 3.40. The number of aryl methyl sites for hydroxylation is 1. The van der Waals surface area contributed by atoms with E-state index in [4.69, 9.17) is 20.6 Å². The molecule has 2 aromatic heterocycles. The summed E-state index contributed by atoms with van der Waals surface area (Å²) in [7, 11) is 0. The van der Waals surface area contributed by atoms with Crippen molar-refractivity contribution in [3.05, 3.63) is 35.1 Å². The minimum atomic E-state index is -4.38. The standard InChI is InChI=1S/C24H31FN6O4S/c1-3-8-36-24-27-22(26-16-10-14(16)13-5-4-12(2)15(25)9-13)19-23(28-24)31(30-29-19)17-11-18(35-7-6-32)21(34)20(17)33/h4-5,9,14,16-18,20-21,32-34H,3,6-8,10-11H2,1-2H3,(H,26,27,28)/t14-,16+,17+,18-,20-,21+/m0/s1/i3D2,6D2,7D2,8D2,11D2,14D,17D,18D,20D,21D. The van der Waals surface area contributed by atoms with Gasteiger partial charge < -0.3 is 25.4 Å². The summed E-state index contributed by atoms with van der Waals surface area (Å²) in [6.07, 6.45) is -19.7. The molecule has 6 atom stereocenters. The van der Waals surface area contributed by atoms with Gasteiger partial charge in [-0.15, -0.1) is 5.10 Å². The zero-order valence-corrected chi connectivity index (χ0v) is 19.6. The molecule has 10 nitrogen and oxygen atoms in total. The molecule has 0 unspecified atom stereocenters. The van der Waals surface area contributed by atoms with E-state index in [1.165, 1.54) is 19.1 Å². The molecule has 0 spiro atoms. The van der Waals surface area contributed by atoms with Crippen LogP contribution in [-0.2, 0) is 4.74 Å². The number of aliphatic hydroxyl groups is 3. The molecule has 0 saturated heterocycles. The Morgan fingerprint density at radius 3 is 2.94 bits per heavy atom. The van der Waals surface area contributed by atoms with E-state index in [1.807, 2.05) is 0 Å². The third-order valence-corrected chi connectivity index (χ3v) is 6.04. The fourth-order valence-electron chi connectivity index (χ4n) is 3.51. The summed E-state index contributed by atoms with van der Waals surface area (Å²) < 4.78 is 142. The van der Waals surface area contributed by atoms with Crippen LogP contribution < -0.4 is 5.32 Å². The van der Waals surface area contributed by atoms with Crippen LogP contribution >= 0.6 is 11.8 Å². The topological polar surface area (TPSA) is 138 Å². The largest absolute Gasteiger partial charge is 0.394 e. The molecule has 2 fully saturated rings. The second-order valence-corrected chi connectivity index (χ2v) is 8.46. The predicted octanol–water partition coefficient (Wildman–Crippen LogP) is 2.18. The number of benzene rings is 1. The van der Waals surface area contributed by atoms with Gasteiger partial charge in [0.2, 0.25) is 0 Å². The maximum Gasteiger partial charge on any atom is 0.191 e. The molecule has 4 N–H and O–H groups in total. The Morgan fingerprint density at radius 1 is 1.36 bits per heavy atom. The zero-order valence-electron chi connectivity index (χ0n) is 33.8. The molecule has 12 heteroatoms. The van der Waals surface area contributed by atoms with E-state index < -0.39 is 89.9 Å². The van der Waals surface area contributed by atoms with Gasteiger partial charge in [-0.3, -0.25) is 0 Å². The first kappa shape index (κ1) is 12.9. The molecular weight excluding hydrogens is 487 g/mol. The lowest BCUT2D eigenvalue weighted by Crippen LogP contribution is -2.33. The molecule has 2 heterocycles. The molecule has 0 aliphatic heterocycles. The maximum absolute atomic E-state index is 14.4. The van der Waals surface area contributed by atoms with Gasteiger partial charge in [-0.2, -0.15) is 0 Å². The highest BCUT2D eigenvalue weighted by molar-refractivity contribution is 7.99. The number of nitrogens with zero attached hydrogens (tertiary/aromatic N) is 5. The third-order valence-electron chi connectivity index (χ3n) is 5.37. The van der Waals surface area contributed by atoms with Crippen molar-refractivity contribution in [3.8, 4) is 0 Å². The van der Waals surface area contributed by atoms with Crippen molar-refractivity contribution >= 4 is 28.7 Å². The van der Waals surface area contributed by atoms with E-state index in [2.05, 4.69) is 30.3 Å². The van der Waals surface area contributed by atoms with E-state index in [1.54, 1.807) is 0 Å². The summed E-state index contributed by atoms with van der Waals surface area (Å²) in [5.41, 5.74) is -3.55. The number of hydrogen-bond acceptors (Lipinski definition) is 10. The van der Waals surface area contributed by atoms with E-state index in [-0.39, 0.29) is 34.2 Å². The number of thioether (sulfide) groups is 1. The number of fused-ring (bicyclic) bond motifs is 1. The summed E-state index contributed by atoms with van der Waals surface area (Å²) in [6, 6.07) is -0.682. The highest BCUT2D eigenvalue weighted by atomic mass is 32.2. The highest BCUT2D eigenvalue weighted by Crippen LogP contribution is 2.44. The predicted molar refractivity (Wildman–Crippen MR) is 133 cm³/mol. The van der Waals surface area contributed by atoms with Gasteiger partial charge in [0.1, 0.15) is 18.0 Å². The fourth-order valence-corrected chi connectivity index (χ4v) is 3.97. The highest BCUT2D eigenvalue weighted by Gasteiger charge is 2.45. The Kier molecular flexibility index (Phi) is 3.78. The molecule has 194 valence electrons. The molecule has 0 bridgehead atoms. The second kappa shape index (κ2) is 10.5. The van der Waals surface area contributed by atoms with Crippen molar-refractivity contribution < 1.29 is 45.0 Å². The Balaban J connectivity index is 1.70. The monoisotopic (exact) mass is 533 g/mol. The van der Waals surface area contributed by atoms with E-state index in [0.717, 1.165) is 13.0 Å². The molecule has 2 aliphatic carbocycles. The molecular formula is C24H31FN6O4S. The second-order valence-electron chi connectivity index (χ2n) is 7.69. The van der Waals surface area contributed by atoms with Crippen molar-refractivity contribution in [1.29, 1.82) is 0 Å². The first-order valence-corrected chi connectivity index (χ1v) is 11.3. The number of hydrogen-bond donors (Lipinski definition) is 4. The number of nitrogens with one attached hydrogen (secondary N) is 1. The lowest BCUT2D eigenvalue weighted by molar-refractivity contribution is -0.0629. The van der Waals surface area contributed by atoms with E-state index in [0.29, 0.717) is 5.56 Å². The van der Waals surface area contributed by atoms with Gasteiger partial charge in [0.15, 0.2) is 22.1 Å². The summed E-state index contributed by atoms with van der Waals surface area (Å²) in [4.78, 5) is 8.18. The molecule has 36 heavy (non-hydrogen) atoms. The number of halogens is 1. The van der Waals surface area contributed by atoms with E-state index >= 15 is 0 Å². The summed E-state index contributed by atoms with van der Waals surface area (Å²) in [6.45, 7) is -5.70. The van der Waals surface area contributed by atoms with Crippen LogP contribution in [0, 0.1) is 12.7 Å². The number of aromatic nitrogens is 5. The SMILES string of the molecule is [2H]C([2H])(C)C([2H])([2H])Sc1nc(N[C@@H]2C[C@@]2([2H])c2ccc(C)c(F)c2)c2nnn([C@]3([2H])C([2H])([2H])[C@]([2H])(OC([2H])([2H])C([2H])([2H])O)[C@@]([2H])(O)[C@@]3([2H])O)c2n1. The van der Waals surface area contributed by atoms with Gasteiger partial charge in [0.05, 0.1) is 36.2 Å². The zero-order chi connectivity index (χ0) is 39.0. The molecule has 5 rings (SSSR count). The van der Waals surface area contributed by atoms with Crippen LogP contribution in [0.1, 0.15) is 69.7 Å². The Bertz CT molecular complexity index is 1900. The van der Waals surface area contributed by atoms with Gasteiger partial charge in [0, 0.05) is 33.6 Å². The summed E-state index contributed by atoms with van der Waals surface area (Å²) in [5.74, 6) is -2.41. The van der Waals surface area contributed by atoms with Crippen LogP contribution in [0.2, 0.25) is 0 Å². The molecule has 2 aliphatic rings. The molecule has 0 radical (unpaired) electrons. The van der Waals surface area contributed by atoms with E-state index in [9.17, 15) is 19.7 Å². The number of anilines is 1. The molecule has 0 amide bonds. The molecule has 1 aromatic carbocycles. The molecule has 3 aromatic rings. The minimum Gasteiger partial charge on any atom is -0.394 e. The fraction of sp³-hybridized carbons (Fsp3) is 0.583. The van der Waals surface area contributed by atoms with Crippen molar-refractivity contribution in [2.75, 3.05) is 24.1 Å². The van der Waals surface area contributed by atoms with Gasteiger partial charge in [0.25, 0.3) is 0 Å². The average molecular weight is 534 g/mol. The first-order chi connectivity index (χ1) is 22.7. The van der Waals surface area contributed by atoms with Crippen molar-refractivity contribution in [2.45, 2.75) is 74.4 Å². The Labute approximate surface area is 233 Å². The van der Waals surface area contributed by atoms with Crippen LogP contribution in [-0.4, -0.2) is 83.4 Å². The van der Waals surface area contributed by atoms with Crippen LogP contribution in [0.4, 0.5) is 10.2 Å². The van der Waals surface area contributed by atoms with Crippen LogP contribution in [0.3, 0.4) is 0 Å². The lowest BCUT2D eigenvalue weighted by atomic mass is 10.1. The Morgan fingerprint density at radius 2 is 2.19 bits per heavy atom. The normalized spacial score (nSPS) is 46.9. The smallest absolute Gasteiger partial charge is 0.191 e.